The van der Waals surface area contributed by atoms with E-state index >= 15 is 0 Å². The molecule has 3 aromatic carbocycles. The van der Waals surface area contributed by atoms with E-state index in [1.165, 1.54) is 11.0 Å². The third-order valence-corrected chi connectivity index (χ3v) is 6.91. The number of fused-ring (bicyclic) bond motifs is 1. The predicted octanol–water partition coefficient (Wildman–Crippen LogP) is 3.99. The summed E-state index contributed by atoms with van der Waals surface area (Å²) in [7, 11) is 0. The first kappa shape index (κ1) is 26.4. The number of benzene rings is 3. The van der Waals surface area contributed by atoms with Crippen LogP contribution >= 0.6 is 0 Å². The Kier molecular flexibility index (Phi) is 7.89. The second-order valence-electron chi connectivity index (χ2n) is 9.45. The number of rotatable bonds is 8. The third-order valence-electron chi connectivity index (χ3n) is 6.91. The molecule has 9 nitrogen and oxygen atoms in total. The molecule has 4 aromatic rings. The quantitative estimate of drug-likeness (QED) is 0.261. The highest BCUT2D eigenvalue weighted by Crippen LogP contribution is 2.28. The van der Waals surface area contributed by atoms with Gasteiger partial charge in [-0.25, -0.2) is 18.9 Å². The van der Waals surface area contributed by atoms with Crippen LogP contribution in [0.25, 0.3) is 10.8 Å². The number of hydrogen-bond acceptors (Lipinski definition) is 6. The van der Waals surface area contributed by atoms with Crippen LogP contribution < -0.4 is 5.48 Å². The highest BCUT2D eigenvalue weighted by Gasteiger charge is 2.32. The monoisotopic (exact) mass is 535 g/mol. The number of carbonyl (C=O) groups is 2. The minimum absolute atomic E-state index is 0.0254. The molecule has 0 radical (unpaired) electrons. The zero-order chi connectivity index (χ0) is 27.4. The lowest BCUT2D eigenvalue weighted by Gasteiger charge is -2.34. The van der Waals surface area contributed by atoms with Crippen LogP contribution in [0.2, 0.25) is 0 Å². The standard InChI is InChI=1S/C28H27F2N5O4/c29-23-9-7-21(15-24(23)30)28(37)34-11-12-39-17-26(34)25-16-35(33-31-25)22(8-10-27(36)32-38)14-18-5-6-19-3-1-2-4-20(19)13-18/h1-7,9,13,15-16,22,26,38H,8,10-12,14,17H2,(H,32,36)/t22-,26?/m1/s1. The molecule has 39 heavy (non-hydrogen) atoms. The highest BCUT2D eigenvalue weighted by molar-refractivity contribution is 5.94. The number of morpholine rings is 1. The summed E-state index contributed by atoms with van der Waals surface area (Å²) in [6, 6.07) is 16.4. The molecule has 11 heteroatoms. The van der Waals surface area contributed by atoms with Crippen molar-refractivity contribution in [2.24, 2.45) is 0 Å². The van der Waals surface area contributed by atoms with Crippen molar-refractivity contribution in [1.82, 2.24) is 25.4 Å². The van der Waals surface area contributed by atoms with E-state index in [1.54, 1.807) is 16.4 Å². The predicted molar refractivity (Wildman–Crippen MR) is 137 cm³/mol. The first-order valence-corrected chi connectivity index (χ1v) is 12.6. The van der Waals surface area contributed by atoms with Gasteiger partial charge in [0.15, 0.2) is 11.6 Å². The van der Waals surface area contributed by atoms with Gasteiger partial charge >= 0.3 is 0 Å². The molecule has 1 saturated heterocycles. The number of nitrogens with zero attached hydrogens (tertiary/aromatic N) is 4. The van der Waals surface area contributed by atoms with Crippen LogP contribution in [0.1, 0.15) is 46.5 Å². The van der Waals surface area contributed by atoms with Crippen LogP contribution in [0.3, 0.4) is 0 Å². The fourth-order valence-corrected chi connectivity index (χ4v) is 4.83. The first-order valence-electron chi connectivity index (χ1n) is 12.6. The zero-order valence-electron chi connectivity index (χ0n) is 21.0. The number of halogens is 2. The molecule has 1 aliphatic rings. The molecule has 1 aromatic heterocycles. The first-order chi connectivity index (χ1) is 18.9. The number of amides is 2. The number of carbonyl (C=O) groups excluding carboxylic acids is 2. The Balaban J connectivity index is 1.40. The Morgan fingerprint density at radius 2 is 1.90 bits per heavy atom. The summed E-state index contributed by atoms with van der Waals surface area (Å²) >= 11 is 0. The molecule has 0 bridgehead atoms. The second kappa shape index (κ2) is 11.7. The van der Waals surface area contributed by atoms with Gasteiger partial charge in [0, 0.05) is 18.5 Å². The average molecular weight is 536 g/mol. The summed E-state index contributed by atoms with van der Waals surface area (Å²) in [6.45, 7) is 0.698. The van der Waals surface area contributed by atoms with E-state index in [9.17, 15) is 18.4 Å². The summed E-state index contributed by atoms with van der Waals surface area (Å²) in [5.41, 5.74) is 3.20. The molecule has 0 spiro atoms. The van der Waals surface area contributed by atoms with E-state index in [2.05, 4.69) is 16.4 Å². The van der Waals surface area contributed by atoms with Gasteiger partial charge in [-0.05, 0) is 47.4 Å². The number of hydroxylamine groups is 1. The van der Waals surface area contributed by atoms with Crippen LogP contribution in [0.15, 0.2) is 66.9 Å². The Morgan fingerprint density at radius 3 is 2.69 bits per heavy atom. The molecule has 1 unspecified atom stereocenters. The minimum atomic E-state index is -1.10. The van der Waals surface area contributed by atoms with E-state index < -0.39 is 29.5 Å². The Bertz CT molecular complexity index is 1490. The average Bonchev–Trinajstić information content (AvgIpc) is 3.46. The van der Waals surface area contributed by atoms with Crippen molar-refractivity contribution in [1.29, 1.82) is 0 Å². The second-order valence-corrected chi connectivity index (χ2v) is 9.45. The zero-order valence-corrected chi connectivity index (χ0v) is 21.0. The molecule has 1 fully saturated rings. The van der Waals surface area contributed by atoms with Crippen LogP contribution in [-0.2, 0) is 16.0 Å². The van der Waals surface area contributed by atoms with Crippen LogP contribution in [0, 0.1) is 11.6 Å². The SMILES string of the molecule is O=C(CC[C@H](Cc1ccc2ccccc2c1)n1cc(C2COCCN2C(=O)c2ccc(F)c(F)c2)nn1)NO. The molecule has 2 heterocycles. The van der Waals surface area contributed by atoms with Crippen molar-refractivity contribution in [2.75, 3.05) is 19.8 Å². The molecule has 1 aliphatic heterocycles. The van der Waals surface area contributed by atoms with Gasteiger partial charge in [0.25, 0.3) is 5.91 Å². The number of nitrogens with one attached hydrogen (secondary N) is 1. The molecule has 202 valence electrons. The van der Waals surface area contributed by atoms with E-state index in [4.69, 9.17) is 9.94 Å². The summed E-state index contributed by atoms with van der Waals surface area (Å²) in [5, 5.41) is 19.8. The van der Waals surface area contributed by atoms with Crippen LogP contribution in [0.4, 0.5) is 8.78 Å². The van der Waals surface area contributed by atoms with Crippen LogP contribution in [-0.4, -0.2) is 56.7 Å². The molecule has 2 atom stereocenters. The maximum atomic E-state index is 13.8. The fraction of sp³-hybridized carbons (Fsp3) is 0.286. The maximum Gasteiger partial charge on any atom is 0.254 e. The van der Waals surface area contributed by atoms with Gasteiger partial charge in [0.05, 0.1) is 25.5 Å². The van der Waals surface area contributed by atoms with Gasteiger partial charge in [-0.15, -0.1) is 5.10 Å². The van der Waals surface area contributed by atoms with E-state index in [0.717, 1.165) is 28.5 Å². The van der Waals surface area contributed by atoms with Gasteiger partial charge < -0.3 is 9.64 Å². The number of hydrogen-bond donors (Lipinski definition) is 2. The van der Waals surface area contributed by atoms with Gasteiger partial charge in [-0.3, -0.25) is 14.8 Å². The molecule has 2 N–H and O–H groups in total. The molecule has 0 aliphatic carbocycles. The number of ether oxygens (including phenoxy) is 1. The van der Waals surface area contributed by atoms with E-state index in [-0.39, 0.29) is 31.2 Å². The van der Waals surface area contributed by atoms with Crippen molar-refractivity contribution in [2.45, 2.75) is 31.3 Å². The summed E-state index contributed by atoms with van der Waals surface area (Å²) in [5.74, 6) is -3.10. The van der Waals surface area contributed by atoms with E-state index in [1.807, 2.05) is 36.4 Å². The summed E-state index contributed by atoms with van der Waals surface area (Å²) in [6.07, 6.45) is 2.70. The Hall–Kier alpha value is -4.22. The molecule has 0 saturated carbocycles. The lowest BCUT2D eigenvalue weighted by atomic mass is 9.99. The Labute approximate surface area is 222 Å². The summed E-state index contributed by atoms with van der Waals surface area (Å²) in [4.78, 5) is 26.5. The lowest BCUT2D eigenvalue weighted by Crippen LogP contribution is -2.43. The minimum Gasteiger partial charge on any atom is -0.377 e. The van der Waals surface area contributed by atoms with Crippen molar-refractivity contribution < 1.29 is 28.3 Å². The largest absolute Gasteiger partial charge is 0.377 e. The van der Waals surface area contributed by atoms with Crippen molar-refractivity contribution in [3.8, 4) is 0 Å². The van der Waals surface area contributed by atoms with Gasteiger partial charge in [0.2, 0.25) is 5.91 Å². The molecule has 2 amide bonds. The lowest BCUT2D eigenvalue weighted by molar-refractivity contribution is -0.129. The van der Waals surface area contributed by atoms with Gasteiger partial charge in [-0.1, -0.05) is 47.7 Å². The van der Waals surface area contributed by atoms with Crippen molar-refractivity contribution in [3.63, 3.8) is 0 Å². The summed E-state index contributed by atoms with van der Waals surface area (Å²) < 4.78 is 34.5. The number of aromatic nitrogens is 3. The van der Waals surface area contributed by atoms with Gasteiger partial charge in [0.1, 0.15) is 11.7 Å². The van der Waals surface area contributed by atoms with Gasteiger partial charge in [-0.2, -0.15) is 0 Å². The Morgan fingerprint density at radius 1 is 1.08 bits per heavy atom. The van der Waals surface area contributed by atoms with Crippen molar-refractivity contribution >= 4 is 22.6 Å². The smallest absolute Gasteiger partial charge is 0.254 e. The molecule has 5 rings (SSSR count). The van der Waals surface area contributed by atoms with E-state index in [0.29, 0.717) is 25.1 Å². The highest BCUT2D eigenvalue weighted by atomic mass is 19.2. The fourth-order valence-electron chi connectivity index (χ4n) is 4.83. The molecular weight excluding hydrogens is 508 g/mol. The van der Waals surface area contributed by atoms with Crippen molar-refractivity contribution in [3.05, 3.63) is 95.3 Å². The van der Waals surface area contributed by atoms with Crippen LogP contribution in [0.5, 0.6) is 0 Å². The normalized spacial score (nSPS) is 16.3. The maximum absolute atomic E-state index is 13.8. The molecular formula is C28H27F2N5O4. The topological polar surface area (TPSA) is 110 Å². The third kappa shape index (κ3) is 5.94.